The van der Waals surface area contributed by atoms with Crippen molar-refractivity contribution in [2.75, 3.05) is 5.43 Å². The van der Waals surface area contributed by atoms with Crippen LogP contribution in [0.15, 0.2) is 27.8 Å². The molecule has 0 atom stereocenters. The van der Waals surface area contributed by atoms with Gasteiger partial charge in [-0.3, -0.25) is 10.5 Å². The molecule has 0 aliphatic heterocycles. The van der Waals surface area contributed by atoms with Crippen molar-refractivity contribution in [3.63, 3.8) is 0 Å². The lowest BCUT2D eigenvalue weighted by atomic mass is 10.3. The smallest absolute Gasteiger partial charge is 0.199 e. The number of furan rings is 1. The summed E-state index contributed by atoms with van der Waals surface area (Å²) in [6.07, 6.45) is 3.30. The van der Waals surface area contributed by atoms with Crippen LogP contribution in [0.1, 0.15) is 12.7 Å². The Morgan fingerprint density at radius 1 is 1.37 bits per heavy atom. The van der Waals surface area contributed by atoms with Crippen molar-refractivity contribution in [2.45, 2.75) is 13.8 Å². The molecule has 3 aromatic heterocycles. The monoisotopic (exact) mass is 256 g/mol. The van der Waals surface area contributed by atoms with Gasteiger partial charge in [0, 0.05) is 6.21 Å². The minimum atomic E-state index is 0.485. The summed E-state index contributed by atoms with van der Waals surface area (Å²) in [4.78, 5) is 8.78. The van der Waals surface area contributed by atoms with E-state index in [1.54, 1.807) is 12.4 Å². The molecule has 0 unspecified atom stereocenters. The van der Waals surface area contributed by atoms with E-state index in [1.807, 2.05) is 26.0 Å². The summed E-state index contributed by atoms with van der Waals surface area (Å²) < 4.78 is 5.53. The van der Waals surface area contributed by atoms with Gasteiger partial charge < -0.3 is 4.42 Å². The Hall–Kier alpha value is -2.70. The van der Waals surface area contributed by atoms with Crippen molar-refractivity contribution in [2.24, 2.45) is 5.10 Å². The molecule has 0 saturated carbocycles. The number of aryl methyl sites for hydroxylation is 1. The molecule has 0 saturated heterocycles. The first-order valence-electron chi connectivity index (χ1n) is 5.79. The first-order chi connectivity index (χ1) is 9.28. The van der Waals surface area contributed by atoms with Gasteiger partial charge in [0.25, 0.3) is 0 Å². The lowest BCUT2D eigenvalue weighted by Gasteiger charge is -2.02. The Labute approximate surface area is 108 Å². The van der Waals surface area contributed by atoms with Crippen LogP contribution < -0.4 is 5.43 Å². The molecule has 0 spiro atoms. The molecular weight excluding hydrogens is 244 g/mol. The van der Waals surface area contributed by atoms with Gasteiger partial charge in [-0.1, -0.05) is 0 Å². The minimum Gasteiger partial charge on any atom is -0.458 e. The van der Waals surface area contributed by atoms with E-state index in [2.05, 4.69) is 30.7 Å². The van der Waals surface area contributed by atoms with Crippen LogP contribution in [-0.2, 0) is 0 Å². The summed E-state index contributed by atoms with van der Waals surface area (Å²) >= 11 is 0. The second-order valence-electron chi connectivity index (χ2n) is 3.94. The van der Waals surface area contributed by atoms with Crippen molar-refractivity contribution in [3.05, 3.63) is 24.1 Å². The van der Waals surface area contributed by atoms with E-state index >= 15 is 0 Å². The summed E-state index contributed by atoms with van der Waals surface area (Å²) in [5.41, 5.74) is 3.49. The fraction of sp³-hybridized carbons (Fsp3) is 0.167. The zero-order valence-corrected chi connectivity index (χ0v) is 10.5. The second kappa shape index (κ2) is 4.52. The Balaban J connectivity index is 2.15. The molecule has 0 bridgehead atoms. The van der Waals surface area contributed by atoms with E-state index in [1.165, 1.54) is 0 Å². The highest BCUT2D eigenvalue weighted by molar-refractivity contribution is 5.87. The molecule has 3 rings (SSSR count). The number of aromatic nitrogens is 4. The molecule has 0 aliphatic rings. The lowest BCUT2D eigenvalue weighted by Crippen LogP contribution is -1.97. The lowest BCUT2D eigenvalue weighted by molar-refractivity contribution is 0.544. The molecule has 3 heterocycles. The number of hydrogen-bond acceptors (Lipinski definition) is 6. The van der Waals surface area contributed by atoms with Crippen LogP contribution in [0.2, 0.25) is 0 Å². The van der Waals surface area contributed by atoms with Gasteiger partial charge in [0.1, 0.15) is 5.76 Å². The predicted molar refractivity (Wildman–Crippen MR) is 71.9 cm³/mol. The van der Waals surface area contributed by atoms with E-state index in [-0.39, 0.29) is 0 Å². The van der Waals surface area contributed by atoms with Gasteiger partial charge in [0.05, 0.1) is 11.6 Å². The Bertz CT molecular complexity index is 742. The molecule has 7 heteroatoms. The van der Waals surface area contributed by atoms with Crippen molar-refractivity contribution < 1.29 is 4.42 Å². The van der Waals surface area contributed by atoms with Gasteiger partial charge >= 0.3 is 0 Å². The molecular formula is C12H12N6O. The number of aromatic amines is 1. The SMILES string of the molecule is C/C=N/Nc1nc(-c2ccc(C)o2)nc2[nH]ncc12. The Kier molecular flexibility index (Phi) is 2.71. The van der Waals surface area contributed by atoms with Crippen LogP contribution in [0, 0.1) is 6.92 Å². The van der Waals surface area contributed by atoms with E-state index in [0.717, 1.165) is 11.1 Å². The zero-order chi connectivity index (χ0) is 13.2. The van der Waals surface area contributed by atoms with Crippen LogP contribution in [0.25, 0.3) is 22.6 Å². The number of anilines is 1. The van der Waals surface area contributed by atoms with E-state index < -0.39 is 0 Å². The fourth-order valence-corrected chi connectivity index (χ4v) is 1.71. The number of fused-ring (bicyclic) bond motifs is 1. The Morgan fingerprint density at radius 3 is 3.00 bits per heavy atom. The van der Waals surface area contributed by atoms with Gasteiger partial charge in [-0.25, -0.2) is 9.97 Å². The van der Waals surface area contributed by atoms with Gasteiger partial charge in [-0.05, 0) is 26.0 Å². The summed E-state index contributed by atoms with van der Waals surface area (Å²) in [5.74, 6) is 2.49. The summed E-state index contributed by atoms with van der Waals surface area (Å²) in [5, 5.41) is 11.5. The van der Waals surface area contributed by atoms with Gasteiger partial charge in [-0.2, -0.15) is 10.2 Å². The molecule has 96 valence electrons. The van der Waals surface area contributed by atoms with Crippen molar-refractivity contribution in [3.8, 4) is 11.6 Å². The molecule has 0 amide bonds. The van der Waals surface area contributed by atoms with Crippen LogP contribution in [0.3, 0.4) is 0 Å². The highest BCUT2D eigenvalue weighted by atomic mass is 16.3. The molecule has 2 N–H and O–H groups in total. The third-order valence-electron chi connectivity index (χ3n) is 2.57. The standard InChI is InChI=1S/C12H12N6O/c1-3-13-17-10-8-6-14-18-11(8)16-12(15-10)9-5-4-7(2)19-9/h3-6H,1-2H3,(H2,14,15,16,17,18)/b13-3+. The Morgan fingerprint density at radius 2 is 2.26 bits per heavy atom. The van der Waals surface area contributed by atoms with Crippen LogP contribution in [-0.4, -0.2) is 26.4 Å². The summed E-state index contributed by atoms with van der Waals surface area (Å²) in [6.45, 7) is 3.69. The quantitative estimate of drug-likeness (QED) is 0.554. The van der Waals surface area contributed by atoms with E-state index in [9.17, 15) is 0 Å². The maximum atomic E-state index is 5.53. The van der Waals surface area contributed by atoms with E-state index in [0.29, 0.717) is 23.0 Å². The highest BCUT2D eigenvalue weighted by Crippen LogP contribution is 2.24. The zero-order valence-electron chi connectivity index (χ0n) is 10.5. The largest absolute Gasteiger partial charge is 0.458 e. The normalized spacial score (nSPS) is 11.5. The molecule has 3 aromatic rings. The second-order valence-corrected chi connectivity index (χ2v) is 3.94. The molecule has 0 aromatic carbocycles. The summed E-state index contributed by atoms with van der Waals surface area (Å²) in [6, 6.07) is 3.70. The molecule has 0 aliphatic carbocycles. The van der Waals surface area contributed by atoms with E-state index in [4.69, 9.17) is 4.42 Å². The number of nitrogens with one attached hydrogen (secondary N) is 2. The maximum absolute atomic E-state index is 5.53. The molecule has 19 heavy (non-hydrogen) atoms. The summed E-state index contributed by atoms with van der Waals surface area (Å²) in [7, 11) is 0. The number of hydrogen-bond donors (Lipinski definition) is 2. The number of H-pyrrole nitrogens is 1. The van der Waals surface area contributed by atoms with Crippen LogP contribution in [0.5, 0.6) is 0 Å². The molecule has 0 fully saturated rings. The van der Waals surface area contributed by atoms with Gasteiger partial charge in [-0.15, -0.1) is 0 Å². The van der Waals surface area contributed by atoms with Crippen molar-refractivity contribution in [1.29, 1.82) is 0 Å². The molecule has 7 nitrogen and oxygen atoms in total. The first-order valence-corrected chi connectivity index (χ1v) is 5.79. The third kappa shape index (κ3) is 2.05. The topological polar surface area (TPSA) is 92.0 Å². The fourth-order valence-electron chi connectivity index (χ4n) is 1.71. The third-order valence-corrected chi connectivity index (χ3v) is 2.57. The number of rotatable bonds is 3. The van der Waals surface area contributed by atoms with Crippen LogP contribution >= 0.6 is 0 Å². The highest BCUT2D eigenvalue weighted by Gasteiger charge is 2.12. The maximum Gasteiger partial charge on any atom is 0.199 e. The van der Waals surface area contributed by atoms with Crippen LogP contribution in [0.4, 0.5) is 5.82 Å². The average Bonchev–Trinajstić information content (AvgIpc) is 3.03. The van der Waals surface area contributed by atoms with Crippen molar-refractivity contribution >= 4 is 23.1 Å². The first kappa shape index (κ1) is 11.4. The molecule has 0 radical (unpaired) electrons. The van der Waals surface area contributed by atoms with Gasteiger partial charge in [0.2, 0.25) is 0 Å². The van der Waals surface area contributed by atoms with Gasteiger partial charge in [0.15, 0.2) is 23.0 Å². The predicted octanol–water partition coefficient (Wildman–Crippen LogP) is 2.34. The van der Waals surface area contributed by atoms with Crippen molar-refractivity contribution in [1.82, 2.24) is 20.2 Å². The number of hydrazone groups is 1. The average molecular weight is 256 g/mol. The minimum absolute atomic E-state index is 0.485. The number of nitrogens with zero attached hydrogens (tertiary/aromatic N) is 4.